The van der Waals surface area contributed by atoms with E-state index in [4.69, 9.17) is 5.11 Å². The van der Waals surface area contributed by atoms with Gasteiger partial charge in [0.15, 0.2) is 5.79 Å². The summed E-state index contributed by atoms with van der Waals surface area (Å²) < 4.78 is 4.60. The van der Waals surface area contributed by atoms with Gasteiger partial charge in [-0.15, -0.1) is 0 Å². The van der Waals surface area contributed by atoms with Gasteiger partial charge in [0.1, 0.15) is 6.61 Å². The third-order valence-corrected chi connectivity index (χ3v) is 1.03. The normalized spacial score (nSPS) is 36.9. The number of hydrogen-bond acceptors (Lipinski definition) is 2. The van der Waals surface area contributed by atoms with Crippen molar-refractivity contribution < 1.29 is 31.6 Å². The Morgan fingerprint density at radius 2 is 2.29 bits per heavy atom. The Hall–Kier alpha value is 0.634. The molecule has 7 heavy (non-hydrogen) atoms. The van der Waals surface area contributed by atoms with E-state index in [0.717, 1.165) is 0 Å². The first-order valence-electron chi connectivity index (χ1n) is 2.13. The summed E-state index contributed by atoms with van der Waals surface area (Å²) in [7, 11) is 0. The van der Waals surface area contributed by atoms with Gasteiger partial charge in [-0.1, -0.05) is 6.92 Å². The molecule has 1 N–H and O–H groups in total. The molecule has 0 radical (unpaired) electrons. The number of epoxide rings is 1. The van der Waals surface area contributed by atoms with E-state index in [1.165, 1.54) is 0 Å². The van der Waals surface area contributed by atoms with Gasteiger partial charge in [0, 0.05) is 28.1 Å². The molecule has 1 fully saturated rings. The van der Waals surface area contributed by atoms with Crippen LogP contribution in [0.15, 0.2) is 0 Å². The van der Waals surface area contributed by atoms with Gasteiger partial charge in [0.05, 0.1) is 0 Å². The van der Waals surface area contributed by atoms with Gasteiger partial charge in [-0.3, -0.25) is 0 Å². The first-order valence-corrected chi connectivity index (χ1v) is 2.13. The van der Waals surface area contributed by atoms with Gasteiger partial charge in [0.2, 0.25) is 0 Å². The van der Waals surface area contributed by atoms with Gasteiger partial charge in [0.25, 0.3) is 0 Å². The van der Waals surface area contributed by atoms with Crippen molar-refractivity contribution in [3.8, 4) is 0 Å². The van der Waals surface area contributed by atoms with Crippen molar-refractivity contribution >= 4 is 0 Å². The molecule has 0 aromatic heterocycles. The summed E-state index contributed by atoms with van der Waals surface area (Å²) in [6.45, 7) is 2.43. The van der Waals surface area contributed by atoms with E-state index in [-0.39, 0.29) is 21.7 Å². The average Bonchev–Trinajstić information content (AvgIpc) is 2.22. The minimum absolute atomic E-state index is 0. The third-order valence-electron chi connectivity index (χ3n) is 1.03. The van der Waals surface area contributed by atoms with Crippen LogP contribution in [0.1, 0.15) is 13.3 Å². The van der Waals surface area contributed by atoms with E-state index >= 15 is 0 Å². The van der Waals surface area contributed by atoms with Crippen LogP contribution in [-0.4, -0.2) is 17.5 Å². The molecule has 1 unspecified atom stereocenters. The molecule has 0 amide bonds. The Labute approximate surface area is 57.7 Å². The molecule has 1 aliphatic heterocycles. The third kappa shape index (κ3) is 1.91. The standard InChI is InChI=1S/C4H8O2.Ti/c1-2-4(5)3-6-4;/h5H,2-3H2,1H3;. The first kappa shape index (κ1) is 7.63. The number of hydrogen-bond donors (Lipinski definition) is 1. The maximum absolute atomic E-state index is 8.72. The molecular weight excluding hydrogens is 128 g/mol. The van der Waals surface area contributed by atoms with Crippen LogP contribution in [0.2, 0.25) is 0 Å². The molecule has 3 heteroatoms. The molecule has 2 nitrogen and oxygen atoms in total. The van der Waals surface area contributed by atoms with E-state index in [2.05, 4.69) is 4.74 Å². The van der Waals surface area contributed by atoms with E-state index in [0.29, 0.717) is 13.0 Å². The molecule has 1 atom stereocenters. The van der Waals surface area contributed by atoms with Gasteiger partial charge in [-0.25, -0.2) is 0 Å². The minimum Gasteiger partial charge on any atom is -0.364 e. The summed E-state index contributed by atoms with van der Waals surface area (Å²) in [6, 6.07) is 0. The van der Waals surface area contributed by atoms with Gasteiger partial charge in [-0.05, 0) is 0 Å². The molecule has 1 saturated heterocycles. The van der Waals surface area contributed by atoms with Crippen LogP contribution in [0.3, 0.4) is 0 Å². The number of rotatable bonds is 1. The van der Waals surface area contributed by atoms with Crippen molar-refractivity contribution in [2.24, 2.45) is 0 Å². The van der Waals surface area contributed by atoms with Crippen molar-refractivity contribution in [3.05, 3.63) is 0 Å². The maximum Gasteiger partial charge on any atom is 0.189 e. The monoisotopic (exact) mass is 136 g/mol. The fourth-order valence-electron chi connectivity index (χ4n) is 0.287. The van der Waals surface area contributed by atoms with E-state index in [9.17, 15) is 0 Å². The quantitative estimate of drug-likeness (QED) is 0.410. The molecule has 40 valence electrons. The molecule has 0 bridgehead atoms. The molecular formula is C4H8O2Ti. The largest absolute Gasteiger partial charge is 0.364 e. The van der Waals surface area contributed by atoms with Gasteiger partial charge in [-0.2, -0.15) is 0 Å². The number of ether oxygens (including phenoxy) is 1. The molecule has 0 spiro atoms. The second-order valence-corrected chi connectivity index (χ2v) is 1.59. The molecule has 1 heterocycles. The summed E-state index contributed by atoms with van der Waals surface area (Å²) in [5.41, 5.74) is 0. The van der Waals surface area contributed by atoms with Crippen molar-refractivity contribution in [2.45, 2.75) is 19.1 Å². The summed E-state index contributed by atoms with van der Waals surface area (Å²) in [4.78, 5) is 0. The van der Waals surface area contributed by atoms with Gasteiger partial charge < -0.3 is 9.84 Å². The SMILES string of the molecule is CCC1(O)CO1.[Ti]. The minimum atomic E-state index is -0.708. The fraction of sp³-hybridized carbons (Fsp3) is 1.00. The van der Waals surface area contributed by atoms with Crippen molar-refractivity contribution in [3.63, 3.8) is 0 Å². The van der Waals surface area contributed by atoms with Crippen molar-refractivity contribution in [1.82, 2.24) is 0 Å². The Morgan fingerprint density at radius 1 is 1.86 bits per heavy atom. The summed E-state index contributed by atoms with van der Waals surface area (Å²) in [5, 5.41) is 8.72. The van der Waals surface area contributed by atoms with Gasteiger partial charge >= 0.3 is 0 Å². The zero-order valence-electron chi connectivity index (χ0n) is 4.27. The van der Waals surface area contributed by atoms with Crippen LogP contribution in [-0.2, 0) is 26.5 Å². The Kier molecular flexibility index (Phi) is 2.47. The zero-order valence-corrected chi connectivity index (χ0v) is 5.83. The summed E-state index contributed by atoms with van der Waals surface area (Å²) in [5.74, 6) is -0.708. The summed E-state index contributed by atoms with van der Waals surface area (Å²) in [6.07, 6.45) is 0.715. The molecule has 1 aliphatic rings. The smallest absolute Gasteiger partial charge is 0.189 e. The van der Waals surface area contributed by atoms with E-state index < -0.39 is 5.79 Å². The molecule has 0 aliphatic carbocycles. The fourth-order valence-corrected chi connectivity index (χ4v) is 0.287. The molecule has 0 saturated carbocycles. The van der Waals surface area contributed by atoms with E-state index in [1.54, 1.807) is 0 Å². The second-order valence-electron chi connectivity index (χ2n) is 1.59. The van der Waals surface area contributed by atoms with E-state index in [1.807, 2.05) is 6.92 Å². The second kappa shape index (κ2) is 2.27. The van der Waals surface area contributed by atoms with Crippen LogP contribution < -0.4 is 0 Å². The Bertz CT molecular complexity index is 60.7. The Balaban J connectivity index is 0.000000360. The van der Waals surface area contributed by atoms with Crippen LogP contribution >= 0.6 is 0 Å². The average molecular weight is 136 g/mol. The zero-order chi connectivity index (χ0) is 4.62. The predicted octanol–water partition coefficient (Wildman–Crippen LogP) is 0.113. The topological polar surface area (TPSA) is 32.8 Å². The predicted molar refractivity (Wildman–Crippen MR) is 21.2 cm³/mol. The number of aliphatic hydroxyl groups is 1. The van der Waals surface area contributed by atoms with Crippen molar-refractivity contribution in [2.75, 3.05) is 6.61 Å². The maximum atomic E-state index is 8.72. The summed E-state index contributed by atoms with van der Waals surface area (Å²) >= 11 is 0. The molecule has 0 aromatic rings. The van der Waals surface area contributed by atoms with Crippen LogP contribution in [0.5, 0.6) is 0 Å². The van der Waals surface area contributed by atoms with Crippen molar-refractivity contribution in [1.29, 1.82) is 0 Å². The van der Waals surface area contributed by atoms with Crippen LogP contribution in [0, 0.1) is 0 Å². The van der Waals surface area contributed by atoms with Crippen LogP contribution in [0.25, 0.3) is 0 Å². The van der Waals surface area contributed by atoms with Crippen LogP contribution in [0.4, 0.5) is 0 Å². The first-order chi connectivity index (χ1) is 2.77. The Morgan fingerprint density at radius 3 is 2.29 bits per heavy atom. The molecule has 1 rings (SSSR count). The molecule has 0 aromatic carbocycles.